The van der Waals surface area contributed by atoms with Gasteiger partial charge in [-0.1, -0.05) is 37.1 Å². The molecular formula is C20H29N. The molecule has 1 aromatic carbocycles. The Hall–Kier alpha value is -0.820. The van der Waals surface area contributed by atoms with E-state index in [1.165, 1.54) is 51.4 Å². The topological polar surface area (TPSA) is 12.0 Å². The summed E-state index contributed by atoms with van der Waals surface area (Å²) in [4.78, 5) is 0. The van der Waals surface area contributed by atoms with E-state index in [0.29, 0.717) is 12.1 Å². The molecule has 3 aliphatic carbocycles. The molecule has 21 heavy (non-hydrogen) atoms. The molecule has 1 heteroatoms. The maximum atomic E-state index is 4.04. The molecule has 0 aliphatic heterocycles. The molecule has 114 valence electrons. The SMILES string of the molecule is CC(NC1CCCCc2ccccc21)C1CC2CCC1C2. The first kappa shape index (κ1) is 13.8. The highest BCUT2D eigenvalue weighted by molar-refractivity contribution is 5.31. The summed E-state index contributed by atoms with van der Waals surface area (Å²) in [6.45, 7) is 2.46. The first-order valence-electron chi connectivity index (χ1n) is 9.15. The van der Waals surface area contributed by atoms with Gasteiger partial charge in [0.1, 0.15) is 0 Å². The van der Waals surface area contributed by atoms with Crippen LogP contribution in [0.1, 0.15) is 69.0 Å². The summed E-state index contributed by atoms with van der Waals surface area (Å²) < 4.78 is 0. The molecule has 0 heterocycles. The highest BCUT2D eigenvalue weighted by Crippen LogP contribution is 2.49. The van der Waals surface area contributed by atoms with Gasteiger partial charge in [0.25, 0.3) is 0 Å². The molecule has 0 radical (unpaired) electrons. The zero-order chi connectivity index (χ0) is 14.2. The van der Waals surface area contributed by atoms with Gasteiger partial charge in [0, 0.05) is 12.1 Å². The number of hydrogen-bond donors (Lipinski definition) is 1. The molecule has 4 rings (SSSR count). The molecule has 1 aromatic rings. The van der Waals surface area contributed by atoms with Crippen LogP contribution in [-0.2, 0) is 6.42 Å². The molecule has 1 N–H and O–H groups in total. The average Bonchev–Trinajstić information content (AvgIpc) is 3.08. The van der Waals surface area contributed by atoms with Crippen LogP contribution in [0.15, 0.2) is 24.3 Å². The molecule has 5 unspecified atom stereocenters. The zero-order valence-electron chi connectivity index (χ0n) is 13.4. The van der Waals surface area contributed by atoms with Crippen molar-refractivity contribution in [3.63, 3.8) is 0 Å². The largest absolute Gasteiger partial charge is 0.307 e. The minimum atomic E-state index is 0.595. The van der Waals surface area contributed by atoms with Gasteiger partial charge in [0.15, 0.2) is 0 Å². The van der Waals surface area contributed by atoms with Crippen LogP contribution < -0.4 is 5.32 Å². The van der Waals surface area contributed by atoms with E-state index in [1.807, 2.05) is 0 Å². The van der Waals surface area contributed by atoms with Gasteiger partial charge in [-0.3, -0.25) is 0 Å². The van der Waals surface area contributed by atoms with Crippen molar-refractivity contribution >= 4 is 0 Å². The monoisotopic (exact) mass is 283 g/mol. The molecule has 2 fully saturated rings. The molecule has 1 nitrogen and oxygen atoms in total. The van der Waals surface area contributed by atoms with Crippen LogP contribution in [0.3, 0.4) is 0 Å². The van der Waals surface area contributed by atoms with E-state index in [-0.39, 0.29) is 0 Å². The van der Waals surface area contributed by atoms with Gasteiger partial charge >= 0.3 is 0 Å². The number of nitrogens with one attached hydrogen (secondary N) is 1. The average molecular weight is 283 g/mol. The summed E-state index contributed by atoms with van der Waals surface area (Å²) >= 11 is 0. The lowest BCUT2D eigenvalue weighted by Gasteiger charge is -2.32. The maximum absolute atomic E-state index is 4.04. The number of aryl methyl sites for hydroxylation is 1. The van der Waals surface area contributed by atoms with Gasteiger partial charge in [0.2, 0.25) is 0 Å². The Morgan fingerprint density at radius 2 is 1.95 bits per heavy atom. The van der Waals surface area contributed by atoms with Crippen LogP contribution in [0.2, 0.25) is 0 Å². The molecular weight excluding hydrogens is 254 g/mol. The minimum absolute atomic E-state index is 0.595. The molecule has 0 spiro atoms. The van der Waals surface area contributed by atoms with E-state index >= 15 is 0 Å². The van der Waals surface area contributed by atoms with E-state index in [1.54, 1.807) is 11.1 Å². The van der Waals surface area contributed by atoms with Gasteiger partial charge < -0.3 is 5.32 Å². The second-order valence-electron chi connectivity index (χ2n) is 7.79. The summed E-state index contributed by atoms with van der Waals surface area (Å²) in [5.74, 6) is 3.03. The summed E-state index contributed by atoms with van der Waals surface area (Å²) in [6, 6.07) is 10.4. The van der Waals surface area contributed by atoms with Crippen molar-refractivity contribution in [1.29, 1.82) is 0 Å². The standard InChI is InChI=1S/C20H29N/c1-14(19-13-15-10-11-17(19)12-15)21-20-9-5-3-7-16-6-2-4-8-18(16)20/h2,4,6,8,14-15,17,19-21H,3,5,7,9-13H2,1H3. The molecule has 0 aromatic heterocycles. The second kappa shape index (κ2) is 5.76. The van der Waals surface area contributed by atoms with E-state index in [2.05, 4.69) is 36.5 Å². The molecule has 2 saturated carbocycles. The van der Waals surface area contributed by atoms with Crippen molar-refractivity contribution in [2.45, 2.75) is 70.4 Å². The predicted octanol–water partition coefficient (Wildman–Crippen LogP) is 4.87. The lowest BCUT2D eigenvalue weighted by Crippen LogP contribution is -2.38. The van der Waals surface area contributed by atoms with E-state index < -0.39 is 0 Å². The van der Waals surface area contributed by atoms with Crippen molar-refractivity contribution < 1.29 is 0 Å². The fourth-order valence-electron chi connectivity index (χ4n) is 5.44. The molecule has 3 aliphatic rings. The fraction of sp³-hybridized carbons (Fsp3) is 0.700. The molecule has 2 bridgehead atoms. The fourth-order valence-corrected chi connectivity index (χ4v) is 5.44. The van der Waals surface area contributed by atoms with Crippen LogP contribution in [-0.4, -0.2) is 6.04 Å². The van der Waals surface area contributed by atoms with Crippen molar-refractivity contribution in [3.8, 4) is 0 Å². The molecule has 0 saturated heterocycles. The van der Waals surface area contributed by atoms with Crippen LogP contribution in [0.5, 0.6) is 0 Å². The van der Waals surface area contributed by atoms with E-state index in [9.17, 15) is 0 Å². The van der Waals surface area contributed by atoms with Gasteiger partial charge in [-0.15, -0.1) is 0 Å². The summed E-state index contributed by atoms with van der Waals surface area (Å²) in [6.07, 6.45) is 11.4. The molecule has 0 amide bonds. The lowest BCUT2D eigenvalue weighted by molar-refractivity contribution is 0.241. The van der Waals surface area contributed by atoms with Crippen LogP contribution >= 0.6 is 0 Å². The Kier molecular flexibility index (Phi) is 3.79. The van der Waals surface area contributed by atoms with Crippen LogP contribution in [0.25, 0.3) is 0 Å². The second-order valence-corrected chi connectivity index (χ2v) is 7.79. The predicted molar refractivity (Wildman–Crippen MR) is 88.3 cm³/mol. The number of benzene rings is 1. The Morgan fingerprint density at radius 3 is 2.76 bits per heavy atom. The van der Waals surface area contributed by atoms with Crippen molar-refractivity contribution in [3.05, 3.63) is 35.4 Å². The highest BCUT2D eigenvalue weighted by atomic mass is 15.0. The van der Waals surface area contributed by atoms with Gasteiger partial charge in [-0.2, -0.15) is 0 Å². The molecule has 5 atom stereocenters. The Morgan fingerprint density at radius 1 is 1.05 bits per heavy atom. The van der Waals surface area contributed by atoms with Crippen LogP contribution in [0.4, 0.5) is 0 Å². The van der Waals surface area contributed by atoms with Gasteiger partial charge in [-0.05, 0) is 74.3 Å². The van der Waals surface area contributed by atoms with Crippen LogP contribution in [0, 0.1) is 17.8 Å². The maximum Gasteiger partial charge on any atom is 0.0325 e. The third-order valence-electron chi connectivity index (χ3n) is 6.52. The summed E-state index contributed by atoms with van der Waals surface area (Å²) in [7, 11) is 0. The minimum Gasteiger partial charge on any atom is -0.307 e. The quantitative estimate of drug-likeness (QED) is 0.780. The third-order valence-corrected chi connectivity index (χ3v) is 6.52. The Labute approximate surface area is 129 Å². The van der Waals surface area contributed by atoms with Crippen molar-refractivity contribution in [2.75, 3.05) is 0 Å². The van der Waals surface area contributed by atoms with E-state index in [4.69, 9.17) is 0 Å². The smallest absolute Gasteiger partial charge is 0.0325 e. The Balaban J connectivity index is 1.49. The first-order chi connectivity index (χ1) is 10.3. The number of fused-ring (bicyclic) bond motifs is 3. The number of hydrogen-bond acceptors (Lipinski definition) is 1. The van der Waals surface area contributed by atoms with Gasteiger partial charge in [-0.25, -0.2) is 0 Å². The summed E-state index contributed by atoms with van der Waals surface area (Å²) in [5, 5.41) is 4.04. The van der Waals surface area contributed by atoms with Gasteiger partial charge in [0.05, 0.1) is 0 Å². The zero-order valence-corrected chi connectivity index (χ0v) is 13.4. The summed E-state index contributed by atoms with van der Waals surface area (Å²) in [5.41, 5.74) is 3.18. The lowest BCUT2D eigenvalue weighted by atomic mass is 9.83. The highest BCUT2D eigenvalue weighted by Gasteiger charge is 2.42. The van der Waals surface area contributed by atoms with E-state index in [0.717, 1.165) is 17.8 Å². The first-order valence-corrected chi connectivity index (χ1v) is 9.15. The normalized spacial score (nSPS) is 36.2. The van der Waals surface area contributed by atoms with Crippen molar-refractivity contribution in [2.24, 2.45) is 17.8 Å². The Bertz CT molecular complexity index is 494. The van der Waals surface area contributed by atoms with Crippen molar-refractivity contribution in [1.82, 2.24) is 5.32 Å². The third kappa shape index (κ3) is 2.65. The number of rotatable bonds is 3.